The molecule has 6 nitrogen and oxygen atoms in total. The highest BCUT2D eigenvalue weighted by Crippen LogP contribution is 2.26. The fourth-order valence-corrected chi connectivity index (χ4v) is 3.27. The number of hydrogen-bond donors (Lipinski definition) is 2. The van der Waals surface area contributed by atoms with Crippen LogP contribution >= 0.6 is 0 Å². The lowest BCUT2D eigenvalue weighted by molar-refractivity contribution is -0.141. The van der Waals surface area contributed by atoms with Crippen molar-refractivity contribution < 1.29 is 19.5 Å². The fourth-order valence-electron chi connectivity index (χ4n) is 3.27. The molecule has 1 heterocycles. The Morgan fingerprint density at radius 2 is 1.79 bits per heavy atom. The van der Waals surface area contributed by atoms with Gasteiger partial charge in [0.1, 0.15) is 0 Å². The lowest BCUT2D eigenvalue weighted by atomic mass is 10.0. The molecule has 0 saturated carbocycles. The molecule has 1 fully saturated rings. The number of benzene rings is 2. The van der Waals surface area contributed by atoms with E-state index in [4.69, 9.17) is 5.11 Å². The Labute approximate surface area is 164 Å². The van der Waals surface area contributed by atoms with Crippen molar-refractivity contribution in [3.63, 3.8) is 0 Å². The van der Waals surface area contributed by atoms with E-state index < -0.39 is 17.8 Å². The molecule has 0 aliphatic carbocycles. The maximum absolute atomic E-state index is 12.6. The number of rotatable bonds is 6. The topological polar surface area (TPSA) is 86.7 Å². The van der Waals surface area contributed by atoms with Gasteiger partial charge in [-0.05, 0) is 43.2 Å². The summed E-state index contributed by atoms with van der Waals surface area (Å²) in [5.41, 5.74) is 3.46. The van der Waals surface area contributed by atoms with Crippen LogP contribution in [-0.4, -0.2) is 29.4 Å². The van der Waals surface area contributed by atoms with Gasteiger partial charge in [0.15, 0.2) is 0 Å². The Bertz CT molecular complexity index is 874. The molecule has 146 valence electrons. The maximum Gasteiger partial charge on any atom is 0.306 e. The van der Waals surface area contributed by atoms with Crippen LogP contribution in [0.25, 0.3) is 0 Å². The normalized spacial score (nSPS) is 17.4. The summed E-state index contributed by atoms with van der Waals surface area (Å²) in [7, 11) is 0. The van der Waals surface area contributed by atoms with Gasteiger partial charge >= 0.3 is 5.97 Å². The molecule has 2 unspecified atom stereocenters. The third-order valence-electron chi connectivity index (χ3n) is 5.03. The zero-order valence-electron chi connectivity index (χ0n) is 16.0. The molecule has 3 rings (SSSR count). The number of amides is 2. The van der Waals surface area contributed by atoms with E-state index in [9.17, 15) is 14.4 Å². The quantitative estimate of drug-likeness (QED) is 0.805. The molecule has 1 aliphatic rings. The Morgan fingerprint density at radius 1 is 1.14 bits per heavy atom. The molecule has 2 N–H and O–H groups in total. The highest BCUT2D eigenvalue weighted by atomic mass is 16.4. The Hall–Kier alpha value is -3.15. The highest BCUT2D eigenvalue weighted by Gasteiger charge is 2.35. The zero-order chi connectivity index (χ0) is 20.3. The van der Waals surface area contributed by atoms with Crippen molar-refractivity contribution >= 4 is 29.2 Å². The monoisotopic (exact) mass is 380 g/mol. The zero-order valence-corrected chi connectivity index (χ0v) is 16.0. The van der Waals surface area contributed by atoms with Gasteiger partial charge < -0.3 is 15.3 Å². The summed E-state index contributed by atoms with van der Waals surface area (Å²) in [4.78, 5) is 37.5. The lowest BCUT2D eigenvalue weighted by Crippen LogP contribution is -2.28. The molecule has 28 heavy (non-hydrogen) atoms. The molecule has 6 heteroatoms. The van der Waals surface area contributed by atoms with Crippen LogP contribution in [0.15, 0.2) is 48.5 Å². The van der Waals surface area contributed by atoms with Gasteiger partial charge in [-0.2, -0.15) is 0 Å². The highest BCUT2D eigenvalue weighted by molar-refractivity contribution is 6.03. The smallest absolute Gasteiger partial charge is 0.306 e. The molecule has 2 amide bonds. The number of nitrogens with zero attached hydrogens (tertiary/aromatic N) is 1. The van der Waals surface area contributed by atoms with Gasteiger partial charge in [-0.25, -0.2) is 0 Å². The summed E-state index contributed by atoms with van der Waals surface area (Å²) < 4.78 is 0. The number of carbonyl (C=O) groups is 3. The molecule has 0 aromatic heterocycles. The summed E-state index contributed by atoms with van der Waals surface area (Å²) in [6, 6.07) is 14.8. The van der Waals surface area contributed by atoms with Crippen molar-refractivity contribution in [2.75, 3.05) is 16.8 Å². The van der Waals surface area contributed by atoms with Gasteiger partial charge in [-0.1, -0.05) is 36.8 Å². The maximum atomic E-state index is 12.6. The van der Waals surface area contributed by atoms with Crippen molar-refractivity contribution in [2.45, 2.75) is 26.7 Å². The van der Waals surface area contributed by atoms with E-state index in [1.807, 2.05) is 43.3 Å². The van der Waals surface area contributed by atoms with Crippen molar-refractivity contribution in [3.8, 4) is 0 Å². The third-order valence-corrected chi connectivity index (χ3v) is 5.03. The van der Waals surface area contributed by atoms with Crippen molar-refractivity contribution in [1.82, 2.24) is 0 Å². The minimum absolute atomic E-state index is 0.0537. The van der Waals surface area contributed by atoms with E-state index in [0.717, 1.165) is 16.8 Å². The Kier molecular flexibility index (Phi) is 5.78. The fraction of sp³-hybridized carbons (Fsp3) is 0.318. The Morgan fingerprint density at radius 3 is 2.39 bits per heavy atom. The van der Waals surface area contributed by atoms with Crippen molar-refractivity contribution in [3.05, 3.63) is 59.7 Å². The van der Waals surface area contributed by atoms with Crippen LogP contribution in [0.1, 0.15) is 24.5 Å². The van der Waals surface area contributed by atoms with Crippen LogP contribution in [0.3, 0.4) is 0 Å². The predicted octanol–water partition coefficient (Wildman–Crippen LogP) is 3.25. The van der Waals surface area contributed by atoms with Gasteiger partial charge in [0.2, 0.25) is 11.8 Å². The number of aliphatic carboxylic acids is 1. The largest absolute Gasteiger partial charge is 0.481 e. The molecule has 0 spiro atoms. The molecule has 1 saturated heterocycles. The van der Waals surface area contributed by atoms with Crippen LogP contribution in [0.2, 0.25) is 0 Å². The van der Waals surface area contributed by atoms with Gasteiger partial charge in [-0.15, -0.1) is 0 Å². The molecule has 0 bridgehead atoms. The summed E-state index contributed by atoms with van der Waals surface area (Å²) in [5, 5.41) is 11.8. The standard InChI is InChI=1S/C22H24N2O4/c1-14-3-9-19(10-4-14)24-13-17(12-20(24)25)21(26)23-18-7-5-16(6-8-18)11-15(2)22(27)28/h3-10,15,17H,11-13H2,1-2H3,(H,23,26)(H,27,28). The van der Waals surface area contributed by atoms with Gasteiger partial charge in [0, 0.05) is 24.3 Å². The first kappa shape index (κ1) is 19.6. The van der Waals surface area contributed by atoms with Gasteiger partial charge in [0.05, 0.1) is 11.8 Å². The summed E-state index contributed by atoms with van der Waals surface area (Å²) in [6.07, 6.45) is 0.625. The van der Waals surface area contributed by atoms with Crippen molar-refractivity contribution in [2.24, 2.45) is 11.8 Å². The van der Waals surface area contributed by atoms with E-state index in [2.05, 4.69) is 5.32 Å². The van der Waals surface area contributed by atoms with Crippen LogP contribution in [0.4, 0.5) is 11.4 Å². The Balaban J connectivity index is 1.60. The number of hydrogen-bond acceptors (Lipinski definition) is 3. The second-order valence-corrected chi connectivity index (χ2v) is 7.37. The van der Waals surface area contributed by atoms with Crippen LogP contribution < -0.4 is 10.2 Å². The average molecular weight is 380 g/mol. The van der Waals surface area contributed by atoms with Crippen LogP contribution in [-0.2, 0) is 20.8 Å². The summed E-state index contributed by atoms with van der Waals surface area (Å²) in [6.45, 7) is 4.01. The number of carbonyl (C=O) groups excluding carboxylic acids is 2. The lowest BCUT2D eigenvalue weighted by Gasteiger charge is -2.17. The third kappa shape index (κ3) is 4.57. The molecule has 2 atom stereocenters. The number of carboxylic acid groups (broad SMARTS) is 1. The molecule has 2 aromatic carbocycles. The molecule has 2 aromatic rings. The summed E-state index contributed by atoms with van der Waals surface area (Å²) >= 11 is 0. The van der Waals surface area contributed by atoms with E-state index in [1.165, 1.54) is 0 Å². The minimum Gasteiger partial charge on any atom is -0.481 e. The molecular weight excluding hydrogens is 356 g/mol. The first-order valence-electron chi connectivity index (χ1n) is 9.33. The van der Waals surface area contributed by atoms with Crippen molar-refractivity contribution in [1.29, 1.82) is 0 Å². The number of carboxylic acids is 1. The molecule has 0 radical (unpaired) electrons. The van der Waals surface area contributed by atoms with Crippen LogP contribution in [0, 0.1) is 18.8 Å². The molecule has 1 aliphatic heterocycles. The number of anilines is 2. The second-order valence-electron chi connectivity index (χ2n) is 7.37. The first-order chi connectivity index (χ1) is 13.3. The van der Waals surface area contributed by atoms with Gasteiger partial charge in [0.25, 0.3) is 0 Å². The van der Waals surface area contributed by atoms with Gasteiger partial charge in [-0.3, -0.25) is 14.4 Å². The second kappa shape index (κ2) is 8.25. The van der Waals surface area contributed by atoms with E-state index >= 15 is 0 Å². The van der Waals surface area contributed by atoms with E-state index in [1.54, 1.807) is 24.0 Å². The predicted molar refractivity (Wildman–Crippen MR) is 107 cm³/mol. The minimum atomic E-state index is -0.832. The first-order valence-corrected chi connectivity index (χ1v) is 9.33. The summed E-state index contributed by atoms with van der Waals surface area (Å²) in [5.74, 6) is -1.93. The SMILES string of the molecule is Cc1ccc(N2CC(C(=O)Nc3ccc(CC(C)C(=O)O)cc3)CC2=O)cc1. The average Bonchev–Trinajstić information content (AvgIpc) is 3.05. The molecular formula is C22H24N2O4. The number of aryl methyl sites for hydroxylation is 1. The van der Waals surface area contributed by atoms with E-state index in [-0.39, 0.29) is 18.2 Å². The van der Waals surface area contributed by atoms with E-state index in [0.29, 0.717) is 18.7 Å². The van der Waals surface area contributed by atoms with Crippen LogP contribution in [0.5, 0.6) is 0 Å². The number of nitrogens with one attached hydrogen (secondary N) is 1.